The smallest absolute Gasteiger partial charge is 0.120 e. The van der Waals surface area contributed by atoms with Gasteiger partial charge in [0.2, 0.25) is 0 Å². The normalized spacial score (nSPS) is 11.7. The molecule has 0 saturated carbocycles. The maximum Gasteiger partial charge on any atom is 0.120 e. The Morgan fingerprint density at radius 1 is 1.15 bits per heavy atom. The Bertz CT molecular complexity index is 566. The highest BCUT2D eigenvalue weighted by atomic mass is 16.5. The summed E-state index contributed by atoms with van der Waals surface area (Å²) in [4.78, 5) is 2.17. The highest BCUT2D eigenvalue weighted by Crippen LogP contribution is 2.27. The van der Waals surface area contributed by atoms with Crippen molar-refractivity contribution >= 4 is 10.8 Å². The van der Waals surface area contributed by atoms with E-state index in [0.29, 0.717) is 18.9 Å². The summed E-state index contributed by atoms with van der Waals surface area (Å²) in [6.07, 6.45) is 0.259. The number of hydrogen-bond acceptors (Lipinski definition) is 3. The van der Waals surface area contributed by atoms with Gasteiger partial charge in [-0.15, -0.1) is 0 Å². The van der Waals surface area contributed by atoms with Gasteiger partial charge in [-0.1, -0.05) is 30.3 Å². The summed E-state index contributed by atoms with van der Waals surface area (Å²) < 4.78 is 5.56. The molecule has 0 bridgehead atoms. The molecule has 0 amide bonds. The van der Waals surface area contributed by atoms with Crippen LogP contribution < -0.4 is 0 Å². The first-order chi connectivity index (χ1) is 9.58. The predicted molar refractivity (Wildman–Crippen MR) is 83.0 cm³/mol. The number of aromatic hydroxyl groups is 1. The number of phenols is 1. The quantitative estimate of drug-likeness (QED) is 0.875. The van der Waals surface area contributed by atoms with Gasteiger partial charge in [-0.05, 0) is 37.7 Å². The Morgan fingerprint density at radius 3 is 2.65 bits per heavy atom. The highest BCUT2D eigenvalue weighted by molar-refractivity contribution is 5.87. The Labute approximate surface area is 120 Å². The molecule has 2 aromatic carbocycles. The zero-order chi connectivity index (χ0) is 14.5. The van der Waals surface area contributed by atoms with Crippen molar-refractivity contribution < 1.29 is 9.84 Å². The van der Waals surface area contributed by atoms with E-state index < -0.39 is 0 Å². The van der Waals surface area contributed by atoms with Gasteiger partial charge in [0, 0.05) is 18.7 Å². The van der Waals surface area contributed by atoms with Crippen LogP contribution in [0.15, 0.2) is 36.4 Å². The Morgan fingerprint density at radius 2 is 1.90 bits per heavy atom. The van der Waals surface area contributed by atoms with Crippen molar-refractivity contribution in [3.63, 3.8) is 0 Å². The van der Waals surface area contributed by atoms with Crippen molar-refractivity contribution in [1.29, 1.82) is 0 Å². The maximum atomic E-state index is 10.1. The molecule has 0 radical (unpaired) electrons. The van der Waals surface area contributed by atoms with E-state index in [2.05, 4.69) is 17.0 Å². The van der Waals surface area contributed by atoms with Crippen LogP contribution in [0.4, 0.5) is 0 Å². The minimum Gasteiger partial charge on any atom is -0.508 e. The fourth-order valence-corrected chi connectivity index (χ4v) is 2.28. The van der Waals surface area contributed by atoms with Crippen molar-refractivity contribution in [3.8, 4) is 5.75 Å². The van der Waals surface area contributed by atoms with E-state index in [0.717, 1.165) is 22.9 Å². The van der Waals surface area contributed by atoms with E-state index in [-0.39, 0.29) is 6.10 Å². The third kappa shape index (κ3) is 3.71. The van der Waals surface area contributed by atoms with Gasteiger partial charge in [-0.3, -0.25) is 4.90 Å². The molecule has 0 atom stereocenters. The SMILES string of the molecule is CC(C)OCCN(C)Cc1c(O)ccc2ccccc12. The van der Waals surface area contributed by atoms with Crippen molar-refractivity contribution in [2.75, 3.05) is 20.2 Å². The number of rotatable bonds is 6. The lowest BCUT2D eigenvalue weighted by Gasteiger charge is -2.19. The van der Waals surface area contributed by atoms with Crippen molar-refractivity contribution in [2.24, 2.45) is 0 Å². The average Bonchev–Trinajstić information content (AvgIpc) is 2.41. The minimum atomic E-state index is 0.259. The van der Waals surface area contributed by atoms with Gasteiger partial charge in [0.15, 0.2) is 0 Å². The molecule has 3 nitrogen and oxygen atoms in total. The summed E-state index contributed by atoms with van der Waals surface area (Å²) in [6.45, 7) is 6.35. The predicted octanol–water partition coefficient (Wildman–Crippen LogP) is 3.40. The standard InChI is InChI=1S/C17H23NO2/c1-13(2)20-11-10-18(3)12-16-15-7-5-4-6-14(15)8-9-17(16)19/h4-9,13,19H,10-12H2,1-3H3. The lowest BCUT2D eigenvalue weighted by Crippen LogP contribution is -2.24. The van der Waals surface area contributed by atoms with Crippen molar-refractivity contribution in [2.45, 2.75) is 26.5 Å². The molecule has 0 aliphatic carbocycles. The molecule has 0 heterocycles. The molecule has 2 aromatic rings. The fraction of sp³-hybridized carbons (Fsp3) is 0.412. The van der Waals surface area contributed by atoms with Gasteiger partial charge in [0.05, 0.1) is 12.7 Å². The number of hydrogen-bond donors (Lipinski definition) is 1. The van der Waals surface area contributed by atoms with Crippen molar-refractivity contribution in [3.05, 3.63) is 42.0 Å². The molecule has 0 unspecified atom stereocenters. The van der Waals surface area contributed by atoms with E-state index in [9.17, 15) is 5.11 Å². The molecule has 0 aromatic heterocycles. The van der Waals surface area contributed by atoms with Crippen LogP contribution in [0.3, 0.4) is 0 Å². The molecule has 3 heteroatoms. The van der Waals surface area contributed by atoms with Crippen LogP contribution in [0, 0.1) is 0 Å². The van der Waals surface area contributed by atoms with Gasteiger partial charge < -0.3 is 9.84 Å². The molecule has 0 spiro atoms. The van der Waals surface area contributed by atoms with Gasteiger partial charge in [-0.25, -0.2) is 0 Å². The molecule has 0 aliphatic heterocycles. The number of ether oxygens (including phenoxy) is 1. The minimum absolute atomic E-state index is 0.259. The Kier molecular flexibility index (Phi) is 4.99. The average molecular weight is 273 g/mol. The van der Waals surface area contributed by atoms with Gasteiger partial charge in [-0.2, -0.15) is 0 Å². The highest BCUT2D eigenvalue weighted by Gasteiger charge is 2.09. The molecular weight excluding hydrogens is 250 g/mol. The zero-order valence-electron chi connectivity index (χ0n) is 12.5. The third-order valence-electron chi connectivity index (χ3n) is 3.37. The van der Waals surface area contributed by atoms with Crippen LogP contribution >= 0.6 is 0 Å². The second kappa shape index (κ2) is 6.73. The number of likely N-dealkylation sites (N-methyl/N-ethyl adjacent to an activating group) is 1. The van der Waals surface area contributed by atoms with E-state index >= 15 is 0 Å². The van der Waals surface area contributed by atoms with Crippen LogP contribution in [-0.2, 0) is 11.3 Å². The number of nitrogens with zero attached hydrogens (tertiary/aromatic N) is 1. The summed E-state index contributed by atoms with van der Waals surface area (Å²) >= 11 is 0. The summed E-state index contributed by atoms with van der Waals surface area (Å²) in [5, 5.41) is 12.4. The number of phenolic OH excluding ortho intramolecular Hbond substituents is 1. The largest absolute Gasteiger partial charge is 0.508 e. The van der Waals surface area contributed by atoms with Crippen LogP contribution in [0.25, 0.3) is 10.8 Å². The second-order valence-electron chi connectivity index (χ2n) is 5.44. The van der Waals surface area contributed by atoms with Crippen LogP contribution in [0.1, 0.15) is 19.4 Å². The van der Waals surface area contributed by atoms with Crippen LogP contribution in [0.5, 0.6) is 5.75 Å². The molecule has 20 heavy (non-hydrogen) atoms. The lowest BCUT2D eigenvalue weighted by atomic mass is 10.0. The van der Waals surface area contributed by atoms with Gasteiger partial charge in [0.1, 0.15) is 5.75 Å². The first-order valence-corrected chi connectivity index (χ1v) is 7.07. The topological polar surface area (TPSA) is 32.7 Å². The zero-order valence-corrected chi connectivity index (χ0v) is 12.5. The molecule has 0 saturated heterocycles. The summed E-state index contributed by atoms with van der Waals surface area (Å²) in [5.74, 6) is 0.361. The van der Waals surface area contributed by atoms with Crippen molar-refractivity contribution in [1.82, 2.24) is 4.90 Å². The third-order valence-corrected chi connectivity index (χ3v) is 3.37. The first-order valence-electron chi connectivity index (χ1n) is 7.07. The lowest BCUT2D eigenvalue weighted by molar-refractivity contribution is 0.0626. The fourth-order valence-electron chi connectivity index (χ4n) is 2.28. The van der Waals surface area contributed by atoms with Crippen LogP contribution in [-0.4, -0.2) is 36.3 Å². The van der Waals surface area contributed by atoms with E-state index in [1.165, 1.54) is 0 Å². The number of fused-ring (bicyclic) bond motifs is 1. The van der Waals surface area contributed by atoms with Gasteiger partial charge in [0.25, 0.3) is 0 Å². The summed E-state index contributed by atoms with van der Waals surface area (Å²) in [5.41, 5.74) is 0.982. The first kappa shape index (κ1) is 14.8. The molecule has 1 N–H and O–H groups in total. The molecular formula is C17H23NO2. The molecule has 108 valence electrons. The summed E-state index contributed by atoms with van der Waals surface area (Å²) in [6, 6.07) is 11.9. The monoisotopic (exact) mass is 273 g/mol. The molecule has 0 aliphatic rings. The maximum absolute atomic E-state index is 10.1. The second-order valence-corrected chi connectivity index (χ2v) is 5.44. The van der Waals surface area contributed by atoms with E-state index in [1.807, 2.05) is 39.1 Å². The summed E-state index contributed by atoms with van der Waals surface area (Å²) in [7, 11) is 2.05. The number of benzene rings is 2. The van der Waals surface area contributed by atoms with Crippen LogP contribution in [0.2, 0.25) is 0 Å². The Balaban J connectivity index is 2.10. The van der Waals surface area contributed by atoms with E-state index in [1.54, 1.807) is 6.07 Å². The van der Waals surface area contributed by atoms with Gasteiger partial charge >= 0.3 is 0 Å². The van der Waals surface area contributed by atoms with E-state index in [4.69, 9.17) is 4.74 Å². The molecule has 0 fully saturated rings. The Hall–Kier alpha value is -1.58. The molecule has 2 rings (SSSR count).